The normalized spacial score (nSPS) is 11.1. The number of nitrogens with zero attached hydrogens (tertiary/aromatic N) is 2. The molecule has 2 amide bonds. The number of ether oxygens (including phenoxy) is 1. The number of fused-ring (bicyclic) bond motifs is 1. The van der Waals surface area contributed by atoms with Crippen LogP contribution in [0.25, 0.3) is 10.9 Å². The maximum atomic E-state index is 13.7. The van der Waals surface area contributed by atoms with E-state index >= 15 is 0 Å². The first-order valence-corrected chi connectivity index (χ1v) is 12.8. The Morgan fingerprint density at radius 1 is 0.947 bits per heavy atom. The molecule has 1 N–H and O–H groups in total. The summed E-state index contributed by atoms with van der Waals surface area (Å²) < 4.78 is 18.7. The zero-order valence-electron chi connectivity index (χ0n) is 22.1. The van der Waals surface area contributed by atoms with Crippen molar-refractivity contribution in [2.24, 2.45) is 5.92 Å². The Kier molecular flexibility index (Phi) is 8.79. The van der Waals surface area contributed by atoms with Crippen LogP contribution in [-0.4, -0.2) is 53.3 Å². The fourth-order valence-electron chi connectivity index (χ4n) is 4.54. The predicted molar refractivity (Wildman–Crippen MR) is 148 cm³/mol. The third kappa shape index (κ3) is 6.79. The van der Waals surface area contributed by atoms with Crippen molar-refractivity contribution in [3.05, 3.63) is 102 Å². The molecule has 0 saturated carbocycles. The first-order chi connectivity index (χ1) is 18.3. The van der Waals surface area contributed by atoms with E-state index in [1.807, 2.05) is 62.5 Å². The van der Waals surface area contributed by atoms with E-state index in [1.54, 1.807) is 16.9 Å². The third-order valence-electron chi connectivity index (χ3n) is 6.50. The molecule has 4 rings (SSSR count). The largest absolute Gasteiger partial charge is 0.497 e. The first-order valence-electron chi connectivity index (χ1n) is 12.8. The zero-order chi connectivity index (χ0) is 27.1. The molecule has 4 aromatic rings. The Bertz CT molecular complexity index is 1360. The van der Waals surface area contributed by atoms with Crippen molar-refractivity contribution in [1.29, 1.82) is 0 Å². The quantitative estimate of drug-likeness (QED) is 0.279. The monoisotopic (exact) mass is 515 g/mol. The summed E-state index contributed by atoms with van der Waals surface area (Å²) in [4.78, 5) is 33.7. The summed E-state index contributed by atoms with van der Waals surface area (Å²) in [5.74, 6) is 0.0766. The number of amides is 2. The van der Waals surface area contributed by atoms with Gasteiger partial charge in [-0.3, -0.25) is 9.59 Å². The highest BCUT2D eigenvalue weighted by Gasteiger charge is 2.24. The summed E-state index contributed by atoms with van der Waals surface area (Å²) in [7, 11) is 1.62. The van der Waals surface area contributed by atoms with Crippen LogP contribution in [0.2, 0.25) is 0 Å². The number of halogens is 1. The van der Waals surface area contributed by atoms with E-state index in [0.717, 1.165) is 27.8 Å². The fourth-order valence-corrected chi connectivity index (χ4v) is 4.54. The molecule has 1 aromatic heterocycles. The number of carbonyl (C=O) groups is 2. The smallest absolute Gasteiger partial charge is 0.254 e. The number of benzene rings is 3. The number of hydrogen-bond donors (Lipinski definition) is 1. The Hall–Kier alpha value is -4.13. The molecule has 7 heteroatoms. The lowest BCUT2D eigenvalue weighted by Crippen LogP contribution is -2.44. The summed E-state index contributed by atoms with van der Waals surface area (Å²) in [5, 5.41) is 1.14. The molecule has 0 radical (unpaired) electrons. The van der Waals surface area contributed by atoms with Gasteiger partial charge >= 0.3 is 0 Å². The second-order valence-electron chi connectivity index (χ2n) is 9.86. The second kappa shape index (κ2) is 12.4. The highest BCUT2D eigenvalue weighted by Crippen LogP contribution is 2.20. The molecule has 0 fully saturated rings. The van der Waals surface area contributed by atoms with E-state index in [0.29, 0.717) is 31.6 Å². The molecule has 0 aliphatic rings. The van der Waals surface area contributed by atoms with Crippen LogP contribution in [0.15, 0.2) is 79.0 Å². The molecule has 1 heterocycles. The van der Waals surface area contributed by atoms with E-state index in [1.165, 1.54) is 24.3 Å². The van der Waals surface area contributed by atoms with Gasteiger partial charge in [-0.1, -0.05) is 44.2 Å². The van der Waals surface area contributed by atoms with Gasteiger partial charge in [-0.05, 0) is 65.9 Å². The van der Waals surface area contributed by atoms with Crippen molar-refractivity contribution in [3.63, 3.8) is 0 Å². The van der Waals surface area contributed by atoms with Crippen molar-refractivity contribution in [2.75, 3.05) is 26.7 Å². The van der Waals surface area contributed by atoms with E-state index in [4.69, 9.17) is 4.74 Å². The number of aromatic nitrogens is 1. The van der Waals surface area contributed by atoms with Crippen LogP contribution in [-0.2, 0) is 17.8 Å². The van der Waals surface area contributed by atoms with Crippen molar-refractivity contribution >= 4 is 22.7 Å². The molecule has 0 spiro atoms. The van der Waals surface area contributed by atoms with Crippen molar-refractivity contribution in [3.8, 4) is 5.75 Å². The van der Waals surface area contributed by atoms with Crippen molar-refractivity contribution in [1.82, 2.24) is 14.8 Å². The van der Waals surface area contributed by atoms with Gasteiger partial charge in [0.1, 0.15) is 18.1 Å². The lowest BCUT2D eigenvalue weighted by Gasteiger charge is -2.29. The molecule has 0 aliphatic carbocycles. The lowest BCUT2D eigenvalue weighted by molar-refractivity contribution is -0.132. The first kappa shape index (κ1) is 26.9. The molecule has 0 atom stereocenters. The highest BCUT2D eigenvalue weighted by atomic mass is 19.1. The fraction of sp³-hybridized carbons (Fsp3) is 0.290. The zero-order valence-corrected chi connectivity index (χ0v) is 22.1. The number of carbonyl (C=O) groups excluding carboxylic acids is 2. The van der Waals surface area contributed by atoms with Gasteiger partial charge in [0, 0.05) is 42.3 Å². The van der Waals surface area contributed by atoms with Crippen molar-refractivity contribution < 1.29 is 18.7 Å². The van der Waals surface area contributed by atoms with Crippen LogP contribution in [0.1, 0.15) is 35.3 Å². The summed E-state index contributed by atoms with van der Waals surface area (Å²) in [6, 6.07) is 21.2. The van der Waals surface area contributed by atoms with E-state index in [9.17, 15) is 14.0 Å². The number of para-hydroxylation sites is 1. The SMILES string of the molecule is COc1ccc(CN(CCc2c[nH]c3ccccc23)C(=O)CN(CC(C)C)C(=O)c2ccc(F)cc2)cc1. The number of methoxy groups -OCH3 is 1. The summed E-state index contributed by atoms with van der Waals surface area (Å²) in [6.07, 6.45) is 2.66. The standard InChI is InChI=1S/C31H34FN3O3/c1-22(2)19-35(31(37)24-10-12-26(32)13-11-24)21-30(36)34(20-23-8-14-27(38-3)15-9-23)17-16-25-18-33-29-7-5-4-6-28(25)29/h4-15,18,22,33H,16-17,19-21H2,1-3H3. The minimum absolute atomic E-state index is 0.0571. The van der Waals surface area contributed by atoms with E-state index < -0.39 is 5.82 Å². The average molecular weight is 516 g/mol. The average Bonchev–Trinajstić information content (AvgIpc) is 3.33. The lowest BCUT2D eigenvalue weighted by atomic mass is 10.1. The molecule has 0 saturated heterocycles. The van der Waals surface area contributed by atoms with E-state index in [-0.39, 0.29) is 24.3 Å². The number of H-pyrrole nitrogens is 1. The predicted octanol–water partition coefficient (Wildman–Crippen LogP) is 5.69. The van der Waals surface area contributed by atoms with Crippen LogP contribution in [0.3, 0.4) is 0 Å². The van der Waals surface area contributed by atoms with Gasteiger partial charge in [0.15, 0.2) is 0 Å². The van der Waals surface area contributed by atoms with Gasteiger partial charge < -0.3 is 19.5 Å². The molecule has 38 heavy (non-hydrogen) atoms. The van der Waals surface area contributed by atoms with Gasteiger partial charge in [-0.25, -0.2) is 4.39 Å². The third-order valence-corrected chi connectivity index (χ3v) is 6.50. The Morgan fingerprint density at radius 3 is 2.34 bits per heavy atom. The van der Waals surface area contributed by atoms with Crippen LogP contribution in [0.4, 0.5) is 4.39 Å². The molecule has 0 bridgehead atoms. The molecular weight excluding hydrogens is 481 g/mol. The molecule has 6 nitrogen and oxygen atoms in total. The summed E-state index contributed by atoms with van der Waals surface area (Å²) >= 11 is 0. The van der Waals surface area contributed by atoms with Crippen LogP contribution < -0.4 is 4.74 Å². The Morgan fingerprint density at radius 2 is 1.66 bits per heavy atom. The van der Waals surface area contributed by atoms with Crippen LogP contribution in [0, 0.1) is 11.7 Å². The topological polar surface area (TPSA) is 65.6 Å². The van der Waals surface area contributed by atoms with Crippen LogP contribution >= 0.6 is 0 Å². The van der Waals surface area contributed by atoms with E-state index in [2.05, 4.69) is 11.1 Å². The Balaban J connectivity index is 1.55. The minimum atomic E-state index is -0.406. The molecule has 3 aromatic carbocycles. The van der Waals surface area contributed by atoms with Gasteiger partial charge in [0.25, 0.3) is 5.91 Å². The van der Waals surface area contributed by atoms with Gasteiger partial charge in [0.2, 0.25) is 5.91 Å². The maximum absolute atomic E-state index is 13.7. The number of hydrogen-bond acceptors (Lipinski definition) is 3. The molecular formula is C31H34FN3O3. The second-order valence-corrected chi connectivity index (χ2v) is 9.86. The Labute approximate surface area is 223 Å². The summed E-state index contributed by atoms with van der Waals surface area (Å²) in [5.41, 5.74) is 3.52. The molecule has 0 unspecified atom stereocenters. The number of nitrogens with one attached hydrogen (secondary N) is 1. The minimum Gasteiger partial charge on any atom is -0.497 e. The van der Waals surface area contributed by atoms with Gasteiger partial charge in [0.05, 0.1) is 7.11 Å². The van der Waals surface area contributed by atoms with Gasteiger partial charge in [-0.15, -0.1) is 0 Å². The molecule has 198 valence electrons. The highest BCUT2D eigenvalue weighted by molar-refractivity contribution is 5.96. The van der Waals surface area contributed by atoms with Gasteiger partial charge in [-0.2, -0.15) is 0 Å². The molecule has 0 aliphatic heterocycles. The number of rotatable bonds is 11. The maximum Gasteiger partial charge on any atom is 0.254 e. The van der Waals surface area contributed by atoms with Crippen LogP contribution in [0.5, 0.6) is 5.75 Å². The number of aromatic amines is 1. The summed E-state index contributed by atoms with van der Waals surface area (Å²) in [6.45, 7) is 5.26. The van der Waals surface area contributed by atoms with Crippen molar-refractivity contribution in [2.45, 2.75) is 26.8 Å².